The van der Waals surface area contributed by atoms with Gasteiger partial charge in [-0.1, -0.05) is 131 Å². The van der Waals surface area contributed by atoms with E-state index in [1.54, 1.807) is 16.7 Å². The van der Waals surface area contributed by atoms with E-state index in [1.165, 1.54) is 90.0 Å². The normalized spacial score (nSPS) is 38.2. The van der Waals surface area contributed by atoms with Crippen LogP contribution in [0.25, 0.3) is 0 Å². The van der Waals surface area contributed by atoms with Gasteiger partial charge in [0.25, 0.3) is 0 Å². The summed E-state index contributed by atoms with van der Waals surface area (Å²) < 4.78 is 0. The minimum absolute atomic E-state index is 0.0294. The van der Waals surface area contributed by atoms with Crippen molar-refractivity contribution >= 4 is 0 Å². The molecule has 0 radical (unpaired) electrons. The lowest BCUT2D eigenvalue weighted by molar-refractivity contribution is 0.0276. The van der Waals surface area contributed by atoms with Gasteiger partial charge in [0.15, 0.2) is 0 Å². The van der Waals surface area contributed by atoms with Gasteiger partial charge < -0.3 is 10.6 Å². The molecule has 9 unspecified atom stereocenters. The molecular weight excluding hydrogens is 532 g/mol. The molecule has 5 aliphatic rings. The maximum atomic E-state index is 7.60. The van der Waals surface area contributed by atoms with Crippen LogP contribution in [0, 0.1) is 40.4 Å². The minimum Gasteiger partial charge on any atom is -0.374 e. The molecule has 0 amide bonds. The smallest absolute Gasteiger partial charge is 0.0346 e. The van der Waals surface area contributed by atoms with Gasteiger partial charge in [0.05, 0.1) is 0 Å². The molecule has 256 valence electrons. The summed E-state index contributed by atoms with van der Waals surface area (Å²) in [6.07, 6.45) is 23.4. The summed E-state index contributed by atoms with van der Waals surface area (Å²) in [6, 6.07) is 0.623. The highest BCUT2D eigenvalue weighted by Crippen LogP contribution is 2.66. The predicted octanol–water partition coefficient (Wildman–Crippen LogP) is 12.5. The van der Waals surface area contributed by atoms with Crippen molar-refractivity contribution < 1.29 is 0 Å². The van der Waals surface area contributed by atoms with Crippen molar-refractivity contribution in [3.05, 3.63) is 35.6 Å². The molecule has 2 nitrogen and oxygen atoms in total. The van der Waals surface area contributed by atoms with Gasteiger partial charge >= 0.3 is 0 Å². The first-order valence-corrected chi connectivity index (χ1v) is 19.7. The Morgan fingerprint density at radius 2 is 1.66 bits per heavy atom. The first kappa shape index (κ1) is 39.2. The van der Waals surface area contributed by atoms with Gasteiger partial charge in [0, 0.05) is 18.1 Å². The average molecular weight is 611 g/mol. The fourth-order valence-corrected chi connectivity index (χ4v) is 10.8. The minimum atomic E-state index is -0.0294. The number of piperidine rings is 1. The molecule has 0 spiro atoms. The Labute approximate surface area is 277 Å². The summed E-state index contributed by atoms with van der Waals surface area (Å²) in [7, 11) is 0. The van der Waals surface area contributed by atoms with Gasteiger partial charge in [-0.25, -0.2) is 0 Å². The van der Waals surface area contributed by atoms with Crippen LogP contribution in [-0.2, 0) is 0 Å². The summed E-state index contributed by atoms with van der Waals surface area (Å²) in [5.41, 5.74) is 13.5. The number of nitrogens with zero attached hydrogens (tertiary/aromatic N) is 1. The van der Waals surface area contributed by atoms with Crippen molar-refractivity contribution in [2.24, 2.45) is 46.2 Å². The van der Waals surface area contributed by atoms with Crippen molar-refractivity contribution in [3.63, 3.8) is 0 Å². The Bertz CT molecular complexity index is 943. The van der Waals surface area contributed by atoms with E-state index in [2.05, 4.69) is 65.3 Å². The Morgan fingerprint density at radius 3 is 2.27 bits per heavy atom. The van der Waals surface area contributed by atoms with E-state index in [0.29, 0.717) is 29.2 Å². The maximum Gasteiger partial charge on any atom is 0.0346 e. The summed E-state index contributed by atoms with van der Waals surface area (Å²) >= 11 is 0. The third-order valence-electron chi connectivity index (χ3n) is 13.5. The molecular formula is C42H78N2. The molecule has 2 heteroatoms. The van der Waals surface area contributed by atoms with E-state index in [1.807, 2.05) is 41.5 Å². The molecule has 0 aromatic carbocycles. The molecule has 1 heterocycles. The van der Waals surface area contributed by atoms with Gasteiger partial charge in [0.2, 0.25) is 0 Å². The topological polar surface area (TPSA) is 29.3 Å². The zero-order chi connectivity index (χ0) is 33.3. The summed E-state index contributed by atoms with van der Waals surface area (Å²) in [4.78, 5) is 2.64. The van der Waals surface area contributed by atoms with Crippen molar-refractivity contribution in [3.8, 4) is 0 Å². The van der Waals surface area contributed by atoms with Crippen LogP contribution in [0.15, 0.2) is 35.6 Å². The van der Waals surface area contributed by atoms with Gasteiger partial charge in [-0.3, -0.25) is 0 Å². The number of unbranched alkanes of at least 4 members (excludes halogenated alkanes) is 1. The number of likely N-dealkylation sites (tertiary alicyclic amines) is 1. The molecule has 1 saturated heterocycles. The van der Waals surface area contributed by atoms with Gasteiger partial charge in [-0.05, 0) is 118 Å². The Balaban J connectivity index is 0.00000106. The highest BCUT2D eigenvalue weighted by molar-refractivity contribution is 5.40. The second kappa shape index (κ2) is 17.2. The standard InChI is InChI=1S/C36H60N2.3C2H6/c1-8-11-14-27-16-19-35(7)29(23-27)17-21-36(37)31-18-20-34(6,25(4)30(31)24-32(35)36)26(5)33-28(13-9-2)15-12-22-38(33)10-3;3*1-2/h10,17,26-28,31-33H,3,8-9,11-16,18-24,37H2,1-2,4-7H3;3*1-2H3. The molecule has 2 N–H and O–H groups in total. The summed E-state index contributed by atoms with van der Waals surface area (Å²) in [5.74, 6) is 3.57. The Kier molecular flexibility index (Phi) is 15.3. The predicted molar refractivity (Wildman–Crippen MR) is 198 cm³/mol. The molecule has 5 rings (SSSR count). The summed E-state index contributed by atoms with van der Waals surface area (Å²) in [6.45, 7) is 32.5. The molecule has 1 aliphatic heterocycles. The van der Waals surface area contributed by atoms with Gasteiger partial charge in [-0.2, -0.15) is 0 Å². The lowest BCUT2D eigenvalue weighted by atomic mass is 9.52. The number of hydrogen-bond donors (Lipinski definition) is 1. The molecule has 0 bridgehead atoms. The fraction of sp³-hybridized carbons (Fsp3) is 0.857. The third kappa shape index (κ3) is 7.11. The van der Waals surface area contributed by atoms with Crippen LogP contribution < -0.4 is 5.73 Å². The zero-order valence-corrected chi connectivity index (χ0v) is 32.0. The van der Waals surface area contributed by atoms with Crippen LogP contribution in [0.4, 0.5) is 0 Å². The lowest BCUT2D eigenvalue weighted by Crippen LogP contribution is -2.58. The van der Waals surface area contributed by atoms with Crippen molar-refractivity contribution in [1.29, 1.82) is 0 Å². The number of allylic oxidation sites excluding steroid dienone is 2. The molecule has 2 saturated carbocycles. The van der Waals surface area contributed by atoms with Crippen molar-refractivity contribution in [2.45, 2.75) is 185 Å². The van der Waals surface area contributed by atoms with Crippen LogP contribution in [-0.4, -0.2) is 23.0 Å². The fourth-order valence-electron chi connectivity index (χ4n) is 10.8. The number of hydrogen-bond acceptors (Lipinski definition) is 2. The van der Waals surface area contributed by atoms with Crippen molar-refractivity contribution in [1.82, 2.24) is 4.90 Å². The number of fused-ring (bicyclic) bond motifs is 5. The van der Waals surface area contributed by atoms with Gasteiger partial charge in [-0.15, -0.1) is 0 Å². The van der Waals surface area contributed by atoms with Crippen LogP contribution in [0.5, 0.6) is 0 Å². The van der Waals surface area contributed by atoms with E-state index >= 15 is 0 Å². The van der Waals surface area contributed by atoms with E-state index in [4.69, 9.17) is 5.73 Å². The molecule has 9 atom stereocenters. The largest absolute Gasteiger partial charge is 0.374 e. The maximum absolute atomic E-state index is 7.60. The average Bonchev–Trinajstić information content (AvgIpc) is 3.38. The monoisotopic (exact) mass is 611 g/mol. The second-order valence-electron chi connectivity index (χ2n) is 15.0. The van der Waals surface area contributed by atoms with E-state index < -0.39 is 0 Å². The highest BCUT2D eigenvalue weighted by Gasteiger charge is 2.61. The first-order valence-electron chi connectivity index (χ1n) is 19.7. The molecule has 44 heavy (non-hydrogen) atoms. The van der Waals surface area contributed by atoms with Crippen LogP contribution >= 0.6 is 0 Å². The first-order chi connectivity index (χ1) is 21.1. The second-order valence-corrected chi connectivity index (χ2v) is 15.0. The zero-order valence-electron chi connectivity index (χ0n) is 32.0. The van der Waals surface area contributed by atoms with E-state index in [-0.39, 0.29) is 11.0 Å². The highest BCUT2D eigenvalue weighted by atomic mass is 15.2. The lowest BCUT2D eigenvalue weighted by Gasteiger charge is -2.55. The third-order valence-corrected chi connectivity index (χ3v) is 13.5. The number of rotatable bonds is 8. The SMILES string of the molecule is C=CN1CCCC(CCC)C1C(C)C1(C)CCC2C(=C1C)CC1C3(C)CCC(CCCC)CC3=CCC21N.CC.CC.CC. The van der Waals surface area contributed by atoms with Crippen LogP contribution in [0.3, 0.4) is 0 Å². The van der Waals surface area contributed by atoms with Gasteiger partial charge in [0.1, 0.15) is 0 Å². The van der Waals surface area contributed by atoms with Crippen molar-refractivity contribution in [2.75, 3.05) is 6.54 Å². The van der Waals surface area contributed by atoms with E-state index in [9.17, 15) is 0 Å². The van der Waals surface area contributed by atoms with Crippen LogP contribution in [0.2, 0.25) is 0 Å². The molecule has 0 aromatic rings. The Morgan fingerprint density at radius 1 is 0.977 bits per heavy atom. The molecule has 3 fully saturated rings. The molecule has 4 aliphatic carbocycles. The quantitative estimate of drug-likeness (QED) is 0.277. The van der Waals surface area contributed by atoms with Crippen LogP contribution in [0.1, 0.15) is 173 Å². The number of nitrogens with two attached hydrogens (primary N) is 1. The summed E-state index contributed by atoms with van der Waals surface area (Å²) in [5, 5.41) is 0. The molecule has 0 aromatic heterocycles. The Hall–Kier alpha value is -1.02. The van der Waals surface area contributed by atoms with E-state index in [0.717, 1.165) is 18.3 Å².